The lowest BCUT2D eigenvalue weighted by Crippen LogP contribution is -2.37. The van der Waals surface area contributed by atoms with Crippen molar-refractivity contribution in [1.29, 1.82) is 0 Å². The SMILES string of the molecule is Cc1cccc([N+](=O)[O-])c1C(=O)N[C@H](C)COCC(F)(F)F. The number of nitrogens with one attached hydrogen (secondary N) is 1. The van der Waals surface area contributed by atoms with Crippen LogP contribution in [0, 0.1) is 17.0 Å². The van der Waals surface area contributed by atoms with E-state index in [1.807, 2.05) is 0 Å². The second-order valence-corrected chi connectivity index (χ2v) is 4.73. The molecule has 9 heteroatoms. The van der Waals surface area contributed by atoms with E-state index < -0.39 is 29.7 Å². The molecule has 0 aliphatic carbocycles. The zero-order valence-corrected chi connectivity index (χ0v) is 11.9. The summed E-state index contributed by atoms with van der Waals surface area (Å²) in [7, 11) is 0. The van der Waals surface area contributed by atoms with Gasteiger partial charge < -0.3 is 10.1 Å². The molecule has 1 amide bonds. The van der Waals surface area contributed by atoms with Crippen LogP contribution in [0.4, 0.5) is 18.9 Å². The van der Waals surface area contributed by atoms with Crippen LogP contribution < -0.4 is 5.32 Å². The molecule has 0 bridgehead atoms. The lowest BCUT2D eigenvalue weighted by atomic mass is 10.1. The van der Waals surface area contributed by atoms with Gasteiger partial charge in [-0.15, -0.1) is 0 Å². The van der Waals surface area contributed by atoms with E-state index in [0.717, 1.165) is 0 Å². The molecule has 122 valence electrons. The van der Waals surface area contributed by atoms with Crippen molar-refractivity contribution in [2.75, 3.05) is 13.2 Å². The molecule has 0 saturated carbocycles. The molecule has 22 heavy (non-hydrogen) atoms. The van der Waals surface area contributed by atoms with Crippen molar-refractivity contribution in [3.8, 4) is 0 Å². The number of benzene rings is 1. The van der Waals surface area contributed by atoms with Gasteiger partial charge in [0.25, 0.3) is 11.6 Å². The highest BCUT2D eigenvalue weighted by Gasteiger charge is 2.28. The van der Waals surface area contributed by atoms with Crippen LogP contribution in [0.5, 0.6) is 0 Å². The number of amides is 1. The minimum Gasteiger partial charge on any atom is -0.370 e. The molecule has 0 aromatic heterocycles. The van der Waals surface area contributed by atoms with Gasteiger partial charge in [0.05, 0.1) is 11.5 Å². The van der Waals surface area contributed by atoms with E-state index in [9.17, 15) is 28.1 Å². The topological polar surface area (TPSA) is 81.5 Å². The Labute approximate surface area is 124 Å². The molecule has 6 nitrogen and oxygen atoms in total. The Bertz CT molecular complexity index is 561. The van der Waals surface area contributed by atoms with Crippen molar-refractivity contribution in [2.24, 2.45) is 0 Å². The molecule has 0 aliphatic heterocycles. The van der Waals surface area contributed by atoms with Crippen molar-refractivity contribution < 1.29 is 27.6 Å². The number of rotatable bonds is 6. The summed E-state index contributed by atoms with van der Waals surface area (Å²) in [4.78, 5) is 22.3. The summed E-state index contributed by atoms with van der Waals surface area (Å²) in [5, 5.41) is 13.3. The first kappa shape index (κ1) is 17.9. The molecule has 1 N–H and O–H groups in total. The fourth-order valence-electron chi connectivity index (χ4n) is 1.79. The number of nitrogens with zero attached hydrogens (tertiary/aromatic N) is 1. The number of carbonyl (C=O) groups is 1. The molecule has 0 radical (unpaired) electrons. The zero-order valence-electron chi connectivity index (χ0n) is 11.9. The maximum Gasteiger partial charge on any atom is 0.411 e. The molecule has 1 aromatic rings. The van der Waals surface area contributed by atoms with E-state index in [-0.39, 0.29) is 17.9 Å². The summed E-state index contributed by atoms with van der Waals surface area (Å²) in [5.74, 6) is -0.729. The van der Waals surface area contributed by atoms with Crippen LogP contribution >= 0.6 is 0 Å². The van der Waals surface area contributed by atoms with Crippen LogP contribution in [-0.2, 0) is 4.74 Å². The number of hydrogen-bond acceptors (Lipinski definition) is 4. The summed E-state index contributed by atoms with van der Waals surface area (Å²) < 4.78 is 40.3. The largest absolute Gasteiger partial charge is 0.411 e. The van der Waals surface area contributed by atoms with Gasteiger partial charge in [-0.1, -0.05) is 12.1 Å². The van der Waals surface area contributed by atoms with Crippen molar-refractivity contribution in [3.63, 3.8) is 0 Å². The lowest BCUT2D eigenvalue weighted by Gasteiger charge is -2.16. The second-order valence-electron chi connectivity index (χ2n) is 4.73. The van der Waals surface area contributed by atoms with Crippen LogP contribution in [0.3, 0.4) is 0 Å². The van der Waals surface area contributed by atoms with Gasteiger partial charge in [-0.05, 0) is 19.4 Å². The van der Waals surface area contributed by atoms with Gasteiger partial charge in [0, 0.05) is 12.1 Å². The fraction of sp³-hybridized carbons (Fsp3) is 0.462. The quantitative estimate of drug-likeness (QED) is 0.645. The Hall–Kier alpha value is -2.16. The highest BCUT2D eigenvalue weighted by molar-refractivity contribution is 5.99. The van der Waals surface area contributed by atoms with E-state index in [1.165, 1.54) is 32.0 Å². The molecule has 0 heterocycles. The smallest absolute Gasteiger partial charge is 0.370 e. The Morgan fingerprint density at radius 1 is 1.45 bits per heavy atom. The Morgan fingerprint density at radius 2 is 2.09 bits per heavy atom. The summed E-state index contributed by atoms with van der Waals surface area (Å²) in [5.41, 5.74) is -0.0776. The van der Waals surface area contributed by atoms with Crippen LogP contribution in [-0.4, -0.2) is 36.3 Å². The van der Waals surface area contributed by atoms with E-state index in [4.69, 9.17) is 0 Å². The molecular weight excluding hydrogens is 305 g/mol. The number of carbonyl (C=O) groups excluding carboxylic acids is 1. The fourth-order valence-corrected chi connectivity index (χ4v) is 1.79. The monoisotopic (exact) mass is 320 g/mol. The third-order valence-electron chi connectivity index (χ3n) is 2.69. The third kappa shape index (κ3) is 5.32. The van der Waals surface area contributed by atoms with E-state index in [2.05, 4.69) is 10.1 Å². The van der Waals surface area contributed by atoms with Crippen LogP contribution in [0.2, 0.25) is 0 Å². The number of halogens is 3. The molecule has 1 aromatic carbocycles. The molecule has 0 unspecified atom stereocenters. The lowest BCUT2D eigenvalue weighted by molar-refractivity contribution is -0.385. The van der Waals surface area contributed by atoms with Gasteiger partial charge in [0.1, 0.15) is 12.2 Å². The van der Waals surface area contributed by atoms with E-state index >= 15 is 0 Å². The molecule has 0 spiro atoms. The van der Waals surface area contributed by atoms with Crippen molar-refractivity contribution in [2.45, 2.75) is 26.1 Å². The summed E-state index contributed by atoms with van der Waals surface area (Å²) >= 11 is 0. The average Bonchev–Trinajstić information content (AvgIpc) is 2.36. The number of nitro benzene ring substituents is 1. The van der Waals surface area contributed by atoms with Gasteiger partial charge in [0.2, 0.25) is 0 Å². The normalized spacial score (nSPS) is 12.8. The molecule has 1 atom stereocenters. The van der Waals surface area contributed by atoms with Gasteiger partial charge in [0.15, 0.2) is 0 Å². The molecular formula is C13H15F3N2O4. The minimum atomic E-state index is -4.45. The summed E-state index contributed by atoms with van der Waals surface area (Å²) in [6.45, 7) is 1.20. The van der Waals surface area contributed by atoms with Crippen molar-refractivity contribution in [1.82, 2.24) is 5.32 Å². The number of hydrogen-bond donors (Lipinski definition) is 1. The first-order chi connectivity index (χ1) is 10.1. The zero-order chi connectivity index (χ0) is 16.9. The van der Waals surface area contributed by atoms with Crippen LogP contribution in [0.1, 0.15) is 22.8 Å². The first-order valence-corrected chi connectivity index (χ1v) is 6.31. The third-order valence-corrected chi connectivity index (χ3v) is 2.69. The van der Waals surface area contributed by atoms with Crippen LogP contribution in [0.25, 0.3) is 0 Å². The highest BCUT2D eigenvalue weighted by atomic mass is 19.4. The summed E-state index contributed by atoms with van der Waals surface area (Å²) in [6, 6.07) is 3.44. The Kier molecular flexibility index (Phi) is 5.86. The molecule has 0 saturated heterocycles. The number of nitro groups is 1. The van der Waals surface area contributed by atoms with Crippen molar-refractivity contribution in [3.05, 3.63) is 39.4 Å². The van der Waals surface area contributed by atoms with Crippen molar-refractivity contribution >= 4 is 11.6 Å². The van der Waals surface area contributed by atoms with Crippen LogP contribution in [0.15, 0.2) is 18.2 Å². The number of aryl methyl sites for hydroxylation is 1. The van der Waals surface area contributed by atoms with Gasteiger partial charge in [-0.25, -0.2) is 0 Å². The van der Waals surface area contributed by atoms with E-state index in [0.29, 0.717) is 5.56 Å². The van der Waals surface area contributed by atoms with Gasteiger partial charge in [-0.3, -0.25) is 14.9 Å². The summed E-state index contributed by atoms with van der Waals surface area (Å²) in [6.07, 6.45) is -4.45. The maximum absolute atomic E-state index is 12.1. The first-order valence-electron chi connectivity index (χ1n) is 6.31. The Morgan fingerprint density at radius 3 is 2.64 bits per heavy atom. The molecule has 1 rings (SSSR count). The van der Waals surface area contributed by atoms with Gasteiger partial charge in [-0.2, -0.15) is 13.2 Å². The number of ether oxygens (including phenoxy) is 1. The standard InChI is InChI=1S/C13H15F3N2O4/c1-8-4-3-5-10(18(20)21)11(8)12(19)17-9(2)6-22-7-13(14,15)16/h3-5,9H,6-7H2,1-2H3,(H,17,19)/t9-/m1/s1. The predicted molar refractivity (Wildman–Crippen MR) is 71.6 cm³/mol. The minimum absolute atomic E-state index is 0.116. The Balaban J connectivity index is 2.71. The number of alkyl halides is 3. The molecule has 0 aliphatic rings. The van der Waals surface area contributed by atoms with E-state index in [1.54, 1.807) is 0 Å². The predicted octanol–water partition coefficient (Wildman–Crippen LogP) is 2.60. The highest BCUT2D eigenvalue weighted by Crippen LogP contribution is 2.21. The molecule has 0 fully saturated rings. The maximum atomic E-state index is 12.1. The second kappa shape index (κ2) is 7.21. The average molecular weight is 320 g/mol. The van der Waals surface area contributed by atoms with Gasteiger partial charge >= 0.3 is 6.18 Å².